The van der Waals surface area contributed by atoms with Crippen molar-refractivity contribution in [1.82, 2.24) is 0 Å². The fraction of sp³-hybridized carbons (Fsp3) is 0.143. The molecular weight excluding hydrogens is 353 g/mol. The molecule has 0 spiro atoms. The van der Waals surface area contributed by atoms with Crippen LogP contribution in [0.3, 0.4) is 0 Å². The lowest BCUT2D eigenvalue weighted by Gasteiger charge is -2.14. The summed E-state index contributed by atoms with van der Waals surface area (Å²) in [6, 6.07) is 15.4. The lowest BCUT2D eigenvalue weighted by molar-refractivity contribution is 0.408. The second-order valence-corrected chi connectivity index (χ2v) is 6.43. The number of hydrogen-bond acceptors (Lipinski definition) is 3. The van der Waals surface area contributed by atoms with E-state index in [1.807, 2.05) is 31.2 Å². The molecule has 5 heteroatoms. The largest absolute Gasteiger partial charge is 0.496 e. The molecular formula is C21H19ClFNO2. The summed E-state index contributed by atoms with van der Waals surface area (Å²) < 4.78 is 24.5. The van der Waals surface area contributed by atoms with Crippen LogP contribution in [-0.4, -0.2) is 7.11 Å². The highest BCUT2D eigenvalue weighted by Gasteiger charge is 2.11. The van der Waals surface area contributed by atoms with E-state index in [-0.39, 0.29) is 5.82 Å². The van der Waals surface area contributed by atoms with Crippen molar-refractivity contribution in [2.75, 3.05) is 12.8 Å². The van der Waals surface area contributed by atoms with Gasteiger partial charge in [0.05, 0.1) is 12.1 Å². The number of hydrogen-bond donors (Lipinski definition) is 1. The maximum Gasteiger partial charge on any atom is 0.149 e. The second-order valence-electron chi connectivity index (χ2n) is 6.03. The van der Waals surface area contributed by atoms with Gasteiger partial charge in [-0.15, -0.1) is 0 Å². The van der Waals surface area contributed by atoms with Gasteiger partial charge in [0.15, 0.2) is 0 Å². The van der Waals surface area contributed by atoms with Crippen molar-refractivity contribution in [2.24, 2.45) is 0 Å². The van der Waals surface area contributed by atoms with Crippen LogP contribution >= 0.6 is 11.6 Å². The zero-order valence-electron chi connectivity index (χ0n) is 14.6. The van der Waals surface area contributed by atoms with E-state index in [4.69, 9.17) is 26.8 Å². The van der Waals surface area contributed by atoms with Gasteiger partial charge in [-0.1, -0.05) is 23.7 Å². The van der Waals surface area contributed by atoms with E-state index in [2.05, 4.69) is 0 Å². The van der Waals surface area contributed by atoms with Crippen molar-refractivity contribution in [3.05, 3.63) is 82.1 Å². The third kappa shape index (κ3) is 4.09. The Kier molecular flexibility index (Phi) is 5.33. The quantitative estimate of drug-likeness (QED) is 0.580. The Morgan fingerprint density at radius 2 is 1.77 bits per heavy atom. The lowest BCUT2D eigenvalue weighted by atomic mass is 10.0. The first kappa shape index (κ1) is 18.1. The molecule has 2 N–H and O–H groups in total. The monoisotopic (exact) mass is 371 g/mol. The summed E-state index contributed by atoms with van der Waals surface area (Å²) in [7, 11) is 1.62. The zero-order valence-corrected chi connectivity index (χ0v) is 15.3. The number of aryl methyl sites for hydroxylation is 1. The Morgan fingerprint density at radius 3 is 2.42 bits per heavy atom. The molecule has 134 valence electrons. The standard InChI is InChI=1S/C21H19ClFNO2/c1-13-9-17(24)12-19(22)21(13)26-18-7-8-20(25-2)15(11-18)10-14-3-5-16(23)6-4-14/h3-9,11-12H,10,24H2,1-2H3. The van der Waals surface area contributed by atoms with Crippen molar-refractivity contribution >= 4 is 17.3 Å². The zero-order chi connectivity index (χ0) is 18.7. The number of ether oxygens (including phenoxy) is 2. The molecule has 0 heterocycles. The van der Waals surface area contributed by atoms with Crippen LogP contribution in [0.2, 0.25) is 5.02 Å². The van der Waals surface area contributed by atoms with Gasteiger partial charge in [-0.2, -0.15) is 0 Å². The van der Waals surface area contributed by atoms with E-state index in [0.717, 1.165) is 22.4 Å². The van der Waals surface area contributed by atoms with Gasteiger partial charge in [-0.3, -0.25) is 0 Å². The highest BCUT2D eigenvalue weighted by molar-refractivity contribution is 6.32. The molecule has 0 aliphatic carbocycles. The van der Waals surface area contributed by atoms with Gasteiger partial charge in [0.1, 0.15) is 23.1 Å². The summed E-state index contributed by atoms with van der Waals surface area (Å²) in [4.78, 5) is 0. The molecule has 0 aliphatic rings. The summed E-state index contributed by atoms with van der Waals surface area (Å²) in [5.74, 6) is 1.68. The molecule has 3 aromatic carbocycles. The van der Waals surface area contributed by atoms with E-state index in [1.165, 1.54) is 12.1 Å². The van der Waals surface area contributed by atoms with Crippen LogP contribution in [0.5, 0.6) is 17.2 Å². The second kappa shape index (κ2) is 7.67. The first-order chi connectivity index (χ1) is 12.5. The summed E-state index contributed by atoms with van der Waals surface area (Å²) in [6.07, 6.45) is 0.592. The van der Waals surface area contributed by atoms with E-state index in [0.29, 0.717) is 28.6 Å². The normalized spacial score (nSPS) is 10.6. The molecule has 3 rings (SSSR count). The van der Waals surface area contributed by atoms with Gasteiger partial charge >= 0.3 is 0 Å². The molecule has 26 heavy (non-hydrogen) atoms. The molecule has 0 aromatic heterocycles. The summed E-state index contributed by atoms with van der Waals surface area (Å²) in [5.41, 5.74) is 9.15. The smallest absolute Gasteiger partial charge is 0.149 e. The Balaban J connectivity index is 1.91. The molecule has 0 saturated carbocycles. The number of nitrogens with two attached hydrogens (primary N) is 1. The van der Waals surface area contributed by atoms with Crippen molar-refractivity contribution < 1.29 is 13.9 Å². The van der Waals surface area contributed by atoms with Crippen LogP contribution < -0.4 is 15.2 Å². The number of methoxy groups -OCH3 is 1. The van der Waals surface area contributed by atoms with Crippen molar-refractivity contribution in [3.63, 3.8) is 0 Å². The van der Waals surface area contributed by atoms with Crippen molar-refractivity contribution in [3.8, 4) is 17.2 Å². The predicted molar refractivity (Wildman–Crippen MR) is 103 cm³/mol. The highest BCUT2D eigenvalue weighted by atomic mass is 35.5. The minimum Gasteiger partial charge on any atom is -0.496 e. The molecule has 0 atom stereocenters. The summed E-state index contributed by atoms with van der Waals surface area (Å²) in [5, 5.41) is 0.457. The van der Waals surface area contributed by atoms with Crippen LogP contribution in [0.25, 0.3) is 0 Å². The Hall–Kier alpha value is -2.72. The average Bonchev–Trinajstić information content (AvgIpc) is 2.60. The minimum atomic E-state index is -0.258. The summed E-state index contributed by atoms with van der Waals surface area (Å²) >= 11 is 6.26. The molecule has 0 saturated heterocycles. The van der Waals surface area contributed by atoms with E-state index in [9.17, 15) is 4.39 Å². The number of anilines is 1. The Labute approximate surface area is 157 Å². The fourth-order valence-electron chi connectivity index (χ4n) is 2.78. The topological polar surface area (TPSA) is 44.5 Å². The average molecular weight is 372 g/mol. The maximum absolute atomic E-state index is 13.1. The molecule has 0 aliphatic heterocycles. The van der Waals surface area contributed by atoms with Gasteiger partial charge in [-0.25, -0.2) is 4.39 Å². The van der Waals surface area contributed by atoms with Gasteiger partial charge < -0.3 is 15.2 Å². The van der Waals surface area contributed by atoms with Crippen LogP contribution in [-0.2, 0) is 6.42 Å². The first-order valence-corrected chi connectivity index (χ1v) is 8.49. The van der Waals surface area contributed by atoms with Gasteiger partial charge in [0, 0.05) is 17.7 Å². The van der Waals surface area contributed by atoms with Crippen molar-refractivity contribution in [1.29, 1.82) is 0 Å². The molecule has 0 amide bonds. The summed E-state index contributed by atoms with van der Waals surface area (Å²) in [6.45, 7) is 1.89. The van der Waals surface area contributed by atoms with Crippen molar-refractivity contribution in [2.45, 2.75) is 13.3 Å². The molecule has 3 nitrogen and oxygen atoms in total. The minimum absolute atomic E-state index is 0.258. The third-order valence-electron chi connectivity index (χ3n) is 4.03. The van der Waals surface area contributed by atoms with Crippen LogP contribution in [0.1, 0.15) is 16.7 Å². The third-order valence-corrected chi connectivity index (χ3v) is 4.31. The molecule has 0 radical (unpaired) electrons. The fourth-order valence-corrected chi connectivity index (χ4v) is 3.10. The van der Waals surface area contributed by atoms with Gasteiger partial charge in [0.2, 0.25) is 0 Å². The maximum atomic E-state index is 13.1. The Bertz CT molecular complexity index is 903. The molecule has 0 unspecified atom stereocenters. The van der Waals surface area contributed by atoms with E-state index >= 15 is 0 Å². The van der Waals surface area contributed by atoms with Crippen LogP contribution in [0.4, 0.5) is 10.1 Å². The Morgan fingerprint density at radius 1 is 1.04 bits per heavy atom. The van der Waals surface area contributed by atoms with Gasteiger partial charge in [-0.05, 0) is 60.5 Å². The van der Waals surface area contributed by atoms with E-state index < -0.39 is 0 Å². The van der Waals surface area contributed by atoms with Gasteiger partial charge in [0.25, 0.3) is 0 Å². The first-order valence-electron chi connectivity index (χ1n) is 8.11. The predicted octanol–water partition coefficient (Wildman–Crippen LogP) is 5.76. The lowest BCUT2D eigenvalue weighted by Crippen LogP contribution is -1.97. The molecule has 3 aromatic rings. The number of benzene rings is 3. The SMILES string of the molecule is COc1ccc(Oc2c(C)cc(N)cc2Cl)cc1Cc1ccc(F)cc1. The number of rotatable bonds is 5. The highest BCUT2D eigenvalue weighted by Crippen LogP contribution is 2.36. The number of halogens is 2. The van der Waals surface area contributed by atoms with E-state index in [1.54, 1.807) is 25.3 Å². The number of nitrogen functional groups attached to an aromatic ring is 1. The molecule has 0 fully saturated rings. The van der Waals surface area contributed by atoms with Crippen LogP contribution in [0, 0.1) is 12.7 Å². The molecule has 0 bridgehead atoms. The van der Waals surface area contributed by atoms with Crippen LogP contribution in [0.15, 0.2) is 54.6 Å².